The zero-order valence-corrected chi connectivity index (χ0v) is 15.6. The molecule has 0 saturated carbocycles. The van der Waals surface area contributed by atoms with Gasteiger partial charge in [0.25, 0.3) is 5.69 Å². The molecule has 0 aliphatic rings. The molecule has 0 aromatic heterocycles. The van der Waals surface area contributed by atoms with Crippen LogP contribution in [0.3, 0.4) is 0 Å². The van der Waals surface area contributed by atoms with E-state index in [0.29, 0.717) is 0 Å². The van der Waals surface area contributed by atoms with Gasteiger partial charge in [-0.05, 0) is 17.2 Å². The molecule has 0 aliphatic carbocycles. The number of rotatable bonds is 8. The highest BCUT2D eigenvalue weighted by atomic mass is 16.6. The number of ether oxygens (including phenoxy) is 1. The van der Waals surface area contributed by atoms with Crippen molar-refractivity contribution in [3.05, 3.63) is 69.8 Å². The maximum atomic E-state index is 11.7. The van der Waals surface area contributed by atoms with Crippen molar-refractivity contribution in [2.24, 2.45) is 0 Å². The van der Waals surface area contributed by atoms with Crippen LogP contribution in [0, 0.1) is 10.1 Å². The van der Waals surface area contributed by atoms with Crippen LogP contribution in [0.4, 0.5) is 16.2 Å². The molecule has 2 unspecified atom stereocenters. The van der Waals surface area contributed by atoms with E-state index in [4.69, 9.17) is 4.74 Å². The molecule has 10 nitrogen and oxygen atoms in total. The molecule has 0 bridgehead atoms. The molecule has 2 amide bonds. The number of aliphatic hydroxyl groups is 2. The zero-order valence-electron chi connectivity index (χ0n) is 15.6. The number of nitrogens with one attached hydrogen (secondary N) is 2. The third kappa shape index (κ3) is 6.55. The summed E-state index contributed by atoms with van der Waals surface area (Å²) in [4.78, 5) is 33.3. The summed E-state index contributed by atoms with van der Waals surface area (Å²) >= 11 is 0. The van der Waals surface area contributed by atoms with Gasteiger partial charge in [-0.2, -0.15) is 0 Å². The third-order valence-electron chi connectivity index (χ3n) is 3.90. The number of hydrogen-bond donors (Lipinski definition) is 4. The van der Waals surface area contributed by atoms with Crippen molar-refractivity contribution >= 4 is 23.4 Å². The molecule has 0 fully saturated rings. The highest BCUT2D eigenvalue weighted by Gasteiger charge is 2.23. The fourth-order valence-electron chi connectivity index (χ4n) is 2.47. The molecule has 0 saturated heterocycles. The lowest BCUT2D eigenvalue weighted by atomic mass is 10.0. The summed E-state index contributed by atoms with van der Waals surface area (Å²) in [5, 5.41) is 36.2. The molecular weight excluding hydrogens is 382 g/mol. The van der Waals surface area contributed by atoms with Gasteiger partial charge in [0, 0.05) is 19.5 Å². The number of aliphatic hydroxyl groups excluding tert-OH is 2. The van der Waals surface area contributed by atoms with E-state index >= 15 is 0 Å². The van der Waals surface area contributed by atoms with E-state index in [9.17, 15) is 29.9 Å². The number of hydrogen-bond acceptors (Lipinski definition) is 7. The first-order chi connectivity index (χ1) is 13.8. The Morgan fingerprint density at radius 2 is 1.86 bits per heavy atom. The van der Waals surface area contributed by atoms with Gasteiger partial charge >= 0.3 is 6.09 Å². The van der Waals surface area contributed by atoms with Gasteiger partial charge in [-0.25, -0.2) is 4.79 Å². The van der Waals surface area contributed by atoms with Crippen molar-refractivity contribution in [2.45, 2.75) is 25.7 Å². The Balaban J connectivity index is 1.94. The molecule has 2 rings (SSSR count). The molecule has 0 radical (unpaired) electrons. The zero-order chi connectivity index (χ0) is 21.4. The lowest BCUT2D eigenvalue weighted by Crippen LogP contribution is -2.35. The van der Waals surface area contributed by atoms with E-state index in [1.165, 1.54) is 19.1 Å². The van der Waals surface area contributed by atoms with Gasteiger partial charge in [0.1, 0.15) is 24.5 Å². The maximum Gasteiger partial charge on any atom is 0.407 e. The molecule has 2 aromatic carbocycles. The number of alkyl carbamates (subject to hydrolysis) is 1. The summed E-state index contributed by atoms with van der Waals surface area (Å²) in [6, 6.07) is 12.6. The molecule has 0 heterocycles. The molecule has 29 heavy (non-hydrogen) atoms. The first kappa shape index (κ1) is 21.8. The first-order valence-corrected chi connectivity index (χ1v) is 8.64. The number of nitro groups is 1. The molecule has 2 aromatic rings. The maximum absolute atomic E-state index is 11.7. The molecule has 0 aliphatic heterocycles. The van der Waals surface area contributed by atoms with E-state index in [1.807, 2.05) is 6.07 Å². The van der Waals surface area contributed by atoms with Crippen molar-refractivity contribution < 1.29 is 29.5 Å². The predicted octanol–water partition coefficient (Wildman–Crippen LogP) is 1.87. The Morgan fingerprint density at radius 3 is 2.48 bits per heavy atom. The van der Waals surface area contributed by atoms with E-state index in [0.717, 1.165) is 11.6 Å². The topological polar surface area (TPSA) is 151 Å². The summed E-state index contributed by atoms with van der Waals surface area (Å²) in [7, 11) is 0. The summed E-state index contributed by atoms with van der Waals surface area (Å²) in [5.41, 5.74) is 0.377. The van der Waals surface area contributed by atoms with Crippen molar-refractivity contribution in [3.63, 3.8) is 0 Å². The van der Waals surface area contributed by atoms with Gasteiger partial charge in [0.05, 0.1) is 4.92 Å². The molecular formula is C19H21N3O7. The number of benzene rings is 2. The van der Waals surface area contributed by atoms with Crippen molar-refractivity contribution in [2.75, 3.05) is 11.9 Å². The number of amides is 2. The van der Waals surface area contributed by atoms with Crippen LogP contribution in [0.1, 0.15) is 24.2 Å². The van der Waals surface area contributed by atoms with E-state index in [2.05, 4.69) is 10.6 Å². The molecule has 154 valence electrons. The van der Waals surface area contributed by atoms with Crippen LogP contribution in [-0.2, 0) is 16.1 Å². The number of carbonyl (C=O) groups excluding carboxylic acids is 2. The molecule has 10 heteroatoms. The minimum atomic E-state index is -1.51. The van der Waals surface area contributed by atoms with Crippen LogP contribution in [-0.4, -0.2) is 39.8 Å². The number of nitrogens with zero attached hydrogens (tertiary/aromatic N) is 1. The second kappa shape index (κ2) is 10.2. The second-order valence-corrected chi connectivity index (χ2v) is 6.17. The summed E-state index contributed by atoms with van der Waals surface area (Å²) in [5.74, 6) is -0.486. The van der Waals surface area contributed by atoms with Crippen molar-refractivity contribution in [1.82, 2.24) is 5.32 Å². The fourth-order valence-corrected chi connectivity index (χ4v) is 2.47. The summed E-state index contributed by atoms with van der Waals surface area (Å²) < 4.78 is 4.99. The standard InChI is InChI=1S/C19H21N3O7/c1-12(23)21-15-8-7-14(9-16(15)22(27)28)18(25)17(24)10-20-19(26)29-11-13-5-3-2-4-6-13/h2-9,17-18,24-25H,10-11H2,1H3,(H,20,26)(H,21,23). The molecule has 0 spiro atoms. The third-order valence-corrected chi connectivity index (χ3v) is 3.90. The SMILES string of the molecule is CC(=O)Nc1ccc(C(O)C(O)CNC(=O)OCc2ccccc2)cc1[N+](=O)[O-]. The van der Waals surface area contributed by atoms with E-state index in [-0.39, 0.29) is 24.4 Å². The van der Waals surface area contributed by atoms with E-state index < -0.39 is 34.8 Å². The quantitative estimate of drug-likeness (QED) is 0.388. The Hall–Kier alpha value is -3.50. The largest absolute Gasteiger partial charge is 0.445 e. The minimum absolute atomic E-state index is 0.0319. The highest BCUT2D eigenvalue weighted by molar-refractivity contribution is 5.91. The van der Waals surface area contributed by atoms with Gasteiger partial charge in [-0.15, -0.1) is 0 Å². The smallest absolute Gasteiger partial charge is 0.407 e. The molecule has 4 N–H and O–H groups in total. The highest BCUT2D eigenvalue weighted by Crippen LogP contribution is 2.29. The van der Waals surface area contributed by atoms with Crippen LogP contribution < -0.4 is 10.6 Å². The lowest BCUT2D eigenvalue weighted by Gasteiger charge is -2.19. The van der Waals surface area contributed by atoms with Gasteiger partial charge < -0.3 is 25.6 Å². The second-order valence-electron chi connectivity index (χ2n) is 6.17. The van der Waals surface area contributed by atoms with Gasteiger partial charge in [0.2, 0.25) is 5.91 Å². The Bertz CT molecular complexity index is 873. The van der Waals surface area contributed by atoms with Gasteiger partial charge in [-0.1, -0.05) is 36.4 Å². The number of nitro benzene ring substituents is 1. The predicted molar refractivity (Wildman–Crippen MR) is 103 cm³/mol. The van der Waals surface area contributed by atoms with E-state index in [1.54, 1.807) is 24.3 Å². The average molecular weight is 403 g/mol. The Labute approximate surface area is 166 Å². The summed E-state index contributed by atoms with van der Waals surface area (Å²) in [6.45, 7) is 0.914. The minimum Gasteiger partial charge on any atom is -0.445 e. The Morgan fingerprint density at radius 1 is 1.17 bits per heavy atom. The number of carbonyl (C=O) groups is 2. The lowest BCUT2D eigenvalue weighted by molar-refractivity contribution is -0.384. The van der Waals surface area contributed by atoms with Crippen molar-refractivity contribution in [3.8, 4) is 0 Å². The normalized spacial score (nSPS) is 12.5. The van der Waals surface area contributed by atoms with Gasteiger partial charge in [-0.3, -0.25) is 14.9 Å². The monoisotopic (exact) mass is 403 g/mol. The van der Waals surface area contributed by atoms with Crippen LogP contribution in [0.2, 0.25) is 0 Å². The summed E-state index contributed by atoms with van der Waals surface area (Å²) in [6.07, 6.45) is -3.73. The van der Waals surface area contributed by atoms with Crippen LogP contribution in [0.5, 0.6) is 0 Å². The average Bonchev–Trinajstić information content (AvgIpc) is 2.70. The van der Waals surface area contributed by atoms with Crippen LogP contribution >= 0.6 is 0 Å². The van der Waals surface area contributed by atoms with Gasteiger partial charge in [0.15, 0.2) is 0 Å². The molecule has 2 atom stereocenters. The fraction of sp³-hybridized carbons (Fsp3) is 0.263. The Kier molecular flexibility index (Phi) is 7.63. The van der Waals surface area contributed by atoms with Crippen molar-refractivity contribution in [1.29, 1.82) is 0 Å². The van der Waals surface area contributed by atoms with Crippen LogP contribution in [0.15, 0.2) is 48.5 Å². The number of anilines is 1. The first-order valence-electron chi connectivity index (χ1n) is 8.64. The van der Waals surface area contributed by atoms with Crippen LogP contribution in [0.25, 0.3) is 0 Å².